The molecule has 0 fully saturated rings. The van der Waals surface area contributed by atoms with Crippen LogP contribution in [0.25, 0.3) is 10.8 Å². The maximum Gasteiger partial charge on any atom is 0.265 e. The van der Waals surface area contributed by atoms with Crippen LogP contribution >= 0.6 is 0 Å². The van der Waals surface area contributed by atoms with Crippen molar-refractivity contribution >= 4 is 22.4 Å². The summed E-state index contributed by atoms with van der Waals surface area (Å²) in [5.74, 6) is 0.608. The second kappa shape index (κ2) is 10.1. The first kappa shape index (κ1) is 20.9. The Balaban J connectivity index is 1.67. The molecule has 1 N–H and O–H groups in total. The number of hydrogen-bond acceptors (Lipinski definition) is 3. The van der Waals surface area contributed by atoms with E-state index in [1.54, 1.807) is 0 Å². The molecule has 152 valence electrons. The van der Waals surface area contributed by atoms with E-state index in [0.29, 0.717) is 6.42 Å². The quantitative estimate of drug-likeness (QED) is 0.526. The van der Waals surface area contributed by atoms with Gasteiger partial charge >= 0.3 is 0 Å². The van der Waals surface area contributed by atoms with E-state index in [1.165, 1.54) is 5.56 Å². The molecule has 0 aliphatic heterocycles. The number of anilines is 1. The minimum absolute atomic E-state index is 0.128. The monoisotopic (exact) mass is 390 g/mol. The molecule has 0 radical (unpaired) electrons. The molecule has 0 spiro atoms. The predicted molar refractivity (Wildman–Crippen MR) is 120 cm³/mol. The first-order valence-corrected chi connectivity index (χ1v) is 10.4. The molecule has 0 aliphatic carbocycles. The van der Waals surface area contributed by atoms with Gasteiger partial charge in [-0.15, -0.1) is 0 Å². The van der Waals surface area contributed by atoms with Crippen molar-refractivity contribution < 1.29 is 9.53 Å². The van der Waals surface area contributed by atoms with Gasteiger partial charge in [-0.05, 0) is 48.7 Å². The Labute approximate surface area is 173 Å². The van der Waals surface area contributed by atoms with Crippen molar-refractivity contribution in [2.45, 2.75) is 39.8 Å². The molecule has 0 aromatic heterocycles. The van der Waals surface area contributed by atoms with Gasteiger partial charge in [0.2, 0.25) is 0 Å². The van der Waals surface area contributed by atoms with Gasteiger partial charge in [0.15, 0.2) is 6.10 Å². The minimum atomic E-state index is -0.545. The Kier molecular flexibility index (Phi) is 7.25. The third-order valence-electron chi connectivity index (χ3n) is 5.20. The van der Waals surface area contributed by atoms with Crippen molar-refractivity contribution in [1.29, 1.82) is 0 Å². The fraction of sp³-hybridized carbons (Fsp3) is 0.320. The van der Waals surface area contributed by atoms with Crippen molar-refractivity contribution in [3.05, 3.63) is 72.3 Å². The fourth-order valence-electron chi connectivity index (χ4n) is 3.40. The Morgan fingerprint density at radius 2 is 1.62 bits per heavy atom. The van der Waals surface area contributed by atoms with Crippen molar-refractivity contribution in [2.75, 3.05) is 18.4 Å². The summed E-state index contributed by atoms with van der Waals surface area (Å²) < 4.78 is 6.10. The standard InChI is InChI=1S/C25H30N2O2/c1-4-23(29-24-13-9-11-20-10-7-8-12-22(20)24)25(28)26-21-16-14-19(15-17-21)18-27(5-2)6-3/h7-17,23H,4-6,18H2,1-3H3,(H,26,28). The van der Waals surface area contributed by atoms with E-state index in [1.807, 2.05) is 61.5 Å². The van der Waals surface area contributed by atoms with Gasteiger partial charge in [-0.25, -0.2) is 0 Å². The summed E-state index contributed by atoms with van der Waals surface area (Å²) in [5, 5.41) is 5.11. The SMILES string of the molecule is CCC(Oc1cccc2ccccc12)C(=O)Nc1ccc(CN(CC)CC)cc1. The van der Waals surface area contributed by atoms with Crippen LogP contribution in [0.1, 0.15) is 32.8 Å². The average Bonchev–Trinajstić information content (AvgIpc) is 2.76. The van der Waals surface area contributed by atoms with Crippen LogP contribution in [-0.4, -0.2) is 30.0 Å². The van der Waals surface area contributed by atoms with Crippen molar-refractivity contribution in [2.24, 2.45) is 0 Å². The molecule has 4 nitrogen and oxygen atoms in total. The second-order valence-electron chi connectivity index (χ2n) is 7.14. The van der Waals surface area contributed by atoms with E-state index in [4.69, 9.17) is 4.74 Å². The van der Waals surface area contributed by atoms with Crippen LogP contribution in [0.2, 0.25) is 0 Å². The summed E-state index contributed by atoms with van der Waals surface area (Å²) in [5.41, 5.74) is 2.03. The molecule has 3 aromatic rings. The van der Waals surface area contributed by atoms with Gasteiger partial charge in [0, 0.05) is 17.6 Å². The van der Waals surface area contributed by atoms with E-state index in [-0.39, 0.29) is 5.91 Å². The molecule has 0 bridgehead atoms. The van der Waals surface area contributed by atoms with Crippen molar-refractivity contribution in [3.63, 3.8) is 0 Å². The van der Waals surface area contributed by atoms with E-state index < -0.39 is 6.10 Å². The van der Waals surface area contributed by atoms with E-state index in [0.717, 1.165) is 41.8 Å². The number of ether oxygens (including phenoxy) is 1. The number of benzene rings is 3. The summed E-state index contributed by atoms with van der Waals surface area (Å²) in [6.07, 6.45) is 0.0471. The smallest absolute Gasteiger partial charge is 0.265 e. The lowest BCUT2D eigenvalue weighted by atomic mass is 10.1. The summed E-state index contributed by atoms with van der Waals surface area (Å²) in [6.45, 7) is 9.26. The first-order valence-electron chi connectivity index (χ1n) is 10.4. The molecule has 3 rings (SSSR count). The van der Waals surface area contributed by atoms with Crippen LogP contribution in [0.15, 0.2) is 66.7 Å². The lowest BCUT2D eigenvalue weighted by molar-refractivity contribution is -0.122. The van der Waals surface area contributed by atoms with E-state index in [9.17, 15) is 4.79 Å². The van der Waals surface area contributed by atoms with Gasteiger partial charge in [-0.1, -0.05) is 69.3 Å². The van der Waals surface area contributed by atoms with Crippen LogP contribution in [0, 0.1) is 0 Å². The van der Waals surface area contributed by atoms with Gasteiger partial charge < -0.3 is 10.1 Å². The number of carbonyl (C=O) groups is 1. The van der Waals surface area contributed by atoms with Crippen molar-refractivity contribution in [3.8, 4) is 5.75 Å². The molecule has 1 atom stereocenters. The molecule has 3 aromatic carbocycles. The molecule has 0 aliphatic rings. The molecule has 29 heavy (non-hydrogen) atoms. The fourth-order valence-corrected chi connectivity index (χ4v) is 3.40. The zero-order valence-corrected chi connectivity index (χ0v) is 17.5. The Morgan fingerprint density at radius 1 is 0.931 bits per heavy atom. The van der Waals surface area contributed by atoms with Crippen LogP contribution < -0.4 is 10.1 Å². The minimum Gasteiger partial charge on any atom is -0.480 e. The predicted octanol–water partition coefficient (Wildman–Crippen LogP) is 5.48. The lowest BCUT2D eigenvalue weighted by Crippen LogP contribution is -2.32. The molecule has 4 heteroatoms. The lowest BCUT2D eigenvalue weighted by Gasteiger charge is -2.19. The van der Waals surface area contributed by atoms with Gasteiger partial charge in [0.25, 0.3) is 5.91 Å². The number of hydrogen-bond donors (Lipinski definition) is 1. The number of nitrogens with zero attached hydrogens (tertiary/aromatic N) is 1. The van der Waals surface area contributed by atoms with Crippen LogP contribution in [0.4, 0.5) is 5.69 Å². The Hall–Kier alpha value is -2.85. The highest BCUT2D eigenvalue weighted by molar-refractivity contribution is 5.95. The van der Waals surface area contributed by atoms with Gasteiger partial charge in [0.1, 0.15) is 5.75 Å². The number of fused-ring (bicyclic) bond motifs is 1. The number of carbonyl (C=O) groups excluding carboxylic acids is 1. The highest BCUT2D eigenvalue weighted by Gasteiger charge is 2.19. The molecule has 0 saturated carbocycles. The van der Waals surface area contributed by atoms with Crippen LogP contribution in [0.5, 0.6) is 5.75 Å². The molecule has 1 unspecified atom stereocenters. The Bertz CT molecular complexity index is 928. The third kappa shape index (κ3) is 5.36. The van der Waals surface area contributed by atoms with Gasteiger partial charge in [-0.3, -0.25) is 9.69 Å². The number of nitrogens with one attached hydrogen (secondary N) is 1. The normalized spacial score (nSPS) is 12.1. The van der Waals surface area contributed by atoms with Crippen LogP contribution in [0.3, 0.4) is 0 Å². The van der Waals surface area contributed by atoms with E-state index in [2.05, 4.69) is 36.2 Å². The Morgan fingerprint density at radius 3 is 2.31 bits per heavy atom. The van der Waals surface area contributed by atoms with Gasteiger partial charge in [-0.2, -0.15) is 0 Å². The summed E-state index contributed by atoms with van der Waals surface area (Å²) >= 11 is 0. The largest absolute Gasteiger partial charge is 0.480 e. The second-order valence-corrected chi connectivity index (χ2v) is 7.14. The topological polar surface area (TPSA) is 41.6 Å². The van der Waals surface area contributed by atoms with Crippen molar-refractivity contribution in [1.82, 2.24) is 4.90 Å². The van der Waals surface area contributed by atoms with Gasteiger partial charge in [0.05, 0.1) is 0 Å². The highest BCUT2D eigenvalue weighted by atomic mass is 16.5. The third-order valence-corrected chi connectivity index (χ3v) is 5.20. The zero-order chi connectivity index (χ0) is 20.6. The number of rotatable bonds is 9. The summed E-state index contributed by atoms with van der Waals surface area (Å²) in [7, 11) is 0. The molecular weight excluding hydrogens is 360 g/mol. The maximum absolute atomic E-state index is 12.8. The zero-order valence-electron chi connectivity index (χ0n) is 17.5. The highest BCUT2D eigenvalue weighted by Crippen LogP contribution is 2.26. The number of amides is 1. The summed E-state index contributed by atoms with van der Waals surface area (Å²) in [6, 6.07) is 22.0. The van der Waals surface area contributed by atoms with E-state index >= 15 is 0 Å². The molecular formula is C25H30N2O2. The first-order chi connectivity index (χ1) is 14.1. The van der Waals surface area contributed by atoms with Crippen LogP contribution in [-0.2, 0) is 11.3 Å². The maximum atomic E-state index is 12.8. The summed E-state index contributed by atoms with van der Waals surface area (Å²) in [4.78, 5) is 15.2. The average molecular weight is 391 g/mol. The molecule has 0 saturated heterocycles. The molecule has 1 amide bonds. The molecule has 0 heterocycles.